The summed E-state index contributed by atoms with van der Waals surface area (Å²) in [5.74, 6) is -15.4. The number of halogens is 9. The van der Waals surface area contributed by atoms with E-state index in [4.69, 9.17) is 0 Å². The number of fused-ring (bicyclic) bond motifs is 2. The number of amides is 1. The van der Waals surface area contributed by atoms with Crippen molar-refractivity contribution in [3.8, 4) is 0 Å². The van der Waals surface area contributed by atoms with Gasteiger partial charge in [0.1, 0.15) is 0 Å². The van der Waals surface area contributed by atoms with E-state index in [1.807, 2.05) is 0 Å². The van der Waals surface area contributed by atoms with Gasteiger partial charge in [-0.3, -0.25) is 4.79 Å². The van der Waals surface area contributed by atoms with Crippen molar-refractivity contribution in [2.45, 2.75) is 29.9 Å². The summed E-state index contributed by atoms with van der Waals surface area (Å²) in [6, 6.07) is 0. The van der Waals surface area contributed by atoms with Crippen LogP contribution in [0.15, 0.2) is 11.7 Å². The highest BCUT2D eigenvalue weighted by Crippen LogP contribution is 2.69. The lowest BCUT2D eigenvalue weighted by molar-refractivity contribution is -0.174. The summed E-state index contributed by atoms with van der Waals surface area (Å²) >= 11 is 0. The van der Waals surface area contributed by atoms with Gasteiger partial charge in [0, 0.05) is 18.9 Å². The Morgan fingerprint density at radius 3 is 2.05 bits per heavy atom. The molecule has 1 N–H and O–H groups in total. The molecule has 3 atom stereocenters. The fourth-order valence-electron chi connectivity index (χ4n) is 2.56. The number of allylic oxidation sites excluding steroid dienone is 2. The lowest BCUT2D eigenvalue weighted by atomic mass is 9.88. The second kappa shape index (κ2) is 4.07. The molecular weight excluding hydrogens is 321 g/mol. The maximum atomic E-state index is 14.1. The molecule has 2 aliphatic rings. The topological polar surface area (TPSA) is 29.1 Å². The molecule has 1 amide bonds. The van der Waals surface area contributed by atoms with Gasteiger partial charge in [-0.1, -0.05) is 0 Å². The van der Waals surface area contributed by atoms with Gasteiger partial charge in [0.2, 0.25) is 11.3 Å². The Hall–Kier alpha value is -1.42. The maximum Gasteiger partial charge on any atom is 0.471 e. The first-order valence-corrected chi connectivity index (χ1v) is 5.47. The Bertz CT molecular complexity index is 527. The van der Waals surface area contributed by atoms with Crippen LogP contribution in [0.1, 0.15) is 6.42 Å². The SMILES string of the molecule is O=C(NCC1CC2(F)C(F)=C(F)C1(F)C2(F)F)C(F)(F)F. The monoisotopic (exact) mass is 327 g/mol. The standard InChI is InChI=1S/C10H6F9NO/c11-4-5(12)8(14)3(1-7(4,13)10(8,18)19)2-20-6(21)9(15,16)17/h3H,1-2H2,(H,20,21). The van der Waals surface area contributed by atoms with Crippen molar-refractivity contribution < 1.29 is 44.3 Å². The van der Waals surface area contributed by atoms with Crippen LogP contribution >= 0.6 is 0 Å². The van der Waals surface area contributed by atoms with Crippen LogP contribution in [0.4, 0.5) is 39.5 Å². The molecule has 2 rings (SSSR count). The van der Waals surface area contributed by atoms with E-state index in [9.17, 15) is 44.3 Å². The first-order chi connectivity index (χ1) is 9.30. The number of alkyl halides is 7. The number of hydrogen-bond donors (Lipinski definition) is 1. The Labute approximate surface area is 111 Å². The summed E-state index contributed by atoms with van der Waals surface area (Å²) in [5.41, 5.74) is -8.69. The van der Waals surface area contributed by atoms with E-state index in [1.54, 1.807) is 0 Å². The fraction of sp³-hybridized carbons (Fsp3) is 0.700. The predicted octanol–water partition coefficient (Wildman–Crippen LogP) is 2.90. The van der Waals surface area contributed by atoms with Crippen LogP contribution in [0, 0.1) is 5.92 Å². The molecule has 11 heteroatoms. The van der Waals surface area contributed by atoms with Gasteiger partial charge in [0.15, 0.2) is 11.7 Å². The summed E-state index contributed by atoms with van der Waals surface area (Å²) in [4.78, 5) is 10.5. The lowest BCUT2D eigenvalue weighted by Crippen LogP contribution is -2.50. The van der Waals surface area contributed by atoms with Gasteiger partial charge < -0.3 is 5.32 Å². The van der Waals surface area contributed by atoms with Crippen molar-refractivity contribution in [3.63, 3.8) is 0 Å². The third-order valence-electron chi connectivity index (χ3n) is 3.67. The van der Waals surface area contributed by atoms with Crippen molar-refractivity contribution >= 4 is 5.91 Å². The molecule has 1 saturated carbocycles. The summed E-state index contributed by atoms with van der Waals surface area (Å²) in [7, 11) is 0. The molecule has 0 saturated heterocycles. The van der Waals surface area contributed by atoms with Gasteiger partial charge in [-0.25, -0.2) is 17.6 Å². The first kappa shape index (κ1) is 16.0. The van der Waals surface area contributed by atoms with Crippen molar-refractivity contribution in [2.75, 3.05) is 6.54 Å². The third-order valence-corrected chi connectivity index (χ3v) is 3.67. The van der Waals surface area contributed by atoms with Gasteiger partial charge >= 0.3 is 18.0 Å². The molecule has 2 aliphatic carbocycles. The van der Waals surface area contributed by atoms with Crippen LogP contribution in [0.25, 0.3) is 0 Å². The first-order valence-electron chi connectivity index (χ1n) is 5.47. The molecule has 2 bridgehead atoms. The lowest BCUT2D eigenvalue weighted by Gasteiger charge is -2.27. The highest BCUT2D eigenvalue weighted by molar-refractivity contribution is 5.81. The van der Waals surface area contributed by atoms with E-state index in [0.29, 0.717) is 0 Å². The fourth-order valence-corrected chi connectivity index (χ4v) is 2.56. The molecule has 0 aromatic rings. The smallest absolute Gasteiger partial charge is 0.348 e. The normalized spacial score (nSPS) is 38.0. The maximum absolute atomic E-state index is 14.1. The minimum absolute atomic E-state index is 1.05. The second-order valence-corrected chi connectivity index (χ2v) is 4.82. The van der Waals surface area contributed by atoms with Gasteiger partial charge in [-0.05, 0) is 0 Å². The van der Waals surface area contributed by atoms with E-state index >= 15 is 0 Å². The minimum atomic E-state index is -5.38. The third kappa shape index (κ3) is 1.71. The average molecular weight is 327 g/mol. The molecule has 0 radical (unpaired) electrons. The molecule has 0 aromatic heterocycles. The largest absolute Gasteiger partial charge is 0.471 e. The zero-order chi connectivity index (χ0) is 16.4. The van der Waals surface area contributed by atoms with E-state index < -0.39 is 59.9 Å². The van der Waals surface area contributed by atoms with E-state index in [2.05, 4.69) is 0 Å². The van der Waals surface area contributed by atoms with Crippen molar-refractivity contribution in [3.05, 3.63) is 11.7 Å². The van der Waals surface area contributed by atoms with Gasteiger partial charge in [-0.2, -0.15) is 22.0 Å². The number of hydrogen-bond acceptors (Lipinski definition) is 1. The molecule has 120 valence electrons. The molecule has 21 heavy (non-hydrogen) atoms. The molecule has 0 aromatic carbocycles. The molecular formula is C10H6F9NO. The minimum Gasteiger partial charge on any atom is -0.348 e. The summed E-state index contributed by atoms with van der Waals surface area (Å²) in [6.45, 7) is -1.42. The quantitative estimate of drug-likeness (QED) is 0.777. The number of nitrogens with one attached hydrogen (secondary N) is 1. The number of carbonyl (C=O) groups is 1. The van der Waals surface area contributed by atoms with Crippen LogP contribution in [-0.4, -0.2) is 35.9 Å². The summed E-state index contributed by atoms with van der Waals surface area (Å²) < 4.78 is 117. The molecule has 0 spiro atoms. The van der Waals surface area contributed by atoms with E-state index in [-0.39, 0.29) is 0 Å². The van der Waals surface area contributed by atoms with Crippen LogP contribution in [0.2, 0.25) is 0 Å². The molecule has 1 fully saturated rings. The van der Waals surface area contributed by atoms with Crippen molar-refractivity contribution in [2.24, 2.45) is 5.92 Å². The Balaban J connectivity index is 2.25. The summed E-state index contributed by atoms with van der Waals surface area (Å²) in [5, 5.41) is 1.05. The summed E-state index contributed by atoms with van der Waals surface area (Å²) in [6.07, 6.45) is -6.97. The molecule has 0 heterocycles. The van der Waals surface area contributed by atoms with Crippen LogP contribution in [-0.2, 0) is 4.79 Å². The van der Waals surface area contributed by atoms with Crippen LogP contribution in [0.3, 0.4) is 0 Å². The molecule has 3 unspecified atom stereocenters. The van der Waals surface area contributed by atoms with Crippen molar-refractivity contribution in [1.29, 1.82) is 0 Å². The molecule has 2 nitrogen and oxygen atoms in total. The Kier molecular flexibility index (Phi) is 3.09. The van der Waals surface area contributed by atoms with Crippen LogP contribution < -0.4 is 5.32 Å². The highest BCUT2D eigenvalue weighted by atomic mass is 19.4. The van der Waals surface area contributed by atoms with Gasteiger partial charge in [0.25, 0.3) is 0 Å². The van der Waals surface area contributed by atoms with Gasteiger partial charge in [-0.15, -0.1) is 0 Å². The average Bonchev–Trinajstić information content (AvgIpc) is 2.56. The number of carbonyl (C=O) groups excluding carboxylic acids is 1. The zero-order valence-corrected chi connectivity index (χ0v) is 9.80. The van der Waals surface area contributed by atoms with Gasteiger partial charge in [0.05, 0.1) is 0 Å². The van der Waals surface area contributed by atoms with E-state index in [1.165, 1.54) is 0 Å². The van der Waals surface area contributed by atoms with E-state index in [0.717, 1.165) is 5.32 Å². The Morgan fingerprint density at radius 1 is 1.14 bits per heavy atom. The van der Waals surface area contributed by atoms with Crippen LogP contribution in [0.5, 0.6) is 0 Å². The highest BCUT2D eigenvalue weighted by Gasteiger charge is 2.86. The number of rotatable bonds is 2. The Morgan fingerprint density at radius 2 is 1.67 bits per heavy atom. The zero-order valence-electron chi connectivity index (χ0n) is 9.80. The molecule has 0 aliphatic heterocycles. The second-order valence-electron chi connectivity index (χ2n) is 4.82. The predicted molar refractivity (Wildman–Crippen MR) is 49.0 cm³/mol. The van der Waals surface area contributed by atoms with Crippen molar-refractivity contribution in [1.82, 2.24) is 5.32 Å².